The molecular formula is C16H23ClN2O. The van der Waals surface area contributed by atoms with Crippen LogP contribution >= 0.6 is 11.6 Å². The minimum Gasteiger partial charge on any atom is -0.487 e. The van der Waals surface area contributed by atoms with Gasteiger partial charge in [0.2, 0.25) is 0 Å². The van der Waals surface area contributed by atoms with Gasteiger partial charge in [0.15, 0.2) is 0 Å². The van der Waals surface area contributed by atoms with Crippen LogP contribution in [0.1, 0.15) is 37.4 Å². The molecule has 1 atom stereocenters. The molecule has 20 heavy (non-hydrogen) atoms. The lowest BCUT2D eigenvalue weighted by Crippen LogP contribution is -2.48. The predicted octanol–water partition coefficient (Wildman–Crippen LogP) is 3.16. The number of nitrogens with one attached hydrogen (secondary N) is 1. The van der Waals surface area contributed by atoms with Gasteiger partial charge in [0.05, 0.1) is 0 Å². The molecule has 0 radical (unpaired) electrons. The fourth-order valence-corrected chi connectivity index (χ4v) is 3.43. The second-order valence-electron chi connectivity index (χ2n) is 6.51. The number of hydrogen-bond donors (Lipinski definition) is 1. The molecule has 0 saturated carbocycles. The van der Waals surface area contributed by atoms with Gasteiger partial charge in [0.25, 0.3) is 0 Å². The molecule has 0 spiro atoms. The number of rotatable bonds is 1. The zero-order valence-corrected chi connectivity index (χ0v) is 13.3. The van der Waals surface area contributed by atoms with Gasteiger partial charge in [-0.2, -0.15) is 0 Å². The number of ether oxygens (including phenoxy) is 1. The summed E-state index contributed by atoms with van der Waals surface area (Å²) in [6, 6.07) is 4.61. The highest BCUT2D eigenvalue weighted by atomic mass is 35.5. The van der Waals surface area contributed by atoms with E-state index in [9.17, 15) is 0 Å². The van der Waals surface area contributed by atoms with Crippen LogP contribution in [0, 0.1) is 6.92 Å². The third kappa shape index (κ3) is 2.67. The summed E-state index contributed by atoms with van der Waals surface area (Å²) in [4.78, 5) is 2.56. The van der Waals surface area contributed by atoms with E-state index in [1.165, 1.54) is 5.56 Å². The number of halogens is 1. The molecule has 0 amide bonds. The molecule has 1 aromatic carbocycles. The highest BCUT2D eigenvalue weighted by molar-refractivity contribution is 6.31. The van der Waals surface area contributed by atoms with Gasteiger partial charge in [-0.05, 0) is 38.5 Å². The number of aryl methyl sites for hydroxylation is 1. The van der Waals surface area contributed by atoms with Crippen LogP contribution in [0.5, 0.6) is 5.75 Å². The minimum atomic E-state index is -0.122. The van der Waals surface area contributed by atoms with Gasteiger partial charge >= 0.3 is 0 Å². The molecular weight excluding hydrogens is 272 g/mol. The summed E-state index contributed by atoms with van der Waals surface area (Å²) >= 11 is 6.33. The van der Waals surface area contributed by atoms with Crippen molar-refractivity contribution in [2.45, 2.75) is 38.8 Å². The molecule has 2 aliphatic heterocycles. The lowest BCUT2D eigenvalue weighted by Gasteiger charge is -2.44. The monoisotopic (exact) mass is 294 g/mol. The molecule has 1 saturated heterocycles. The molecule has 1 aromatic rings. The van der Waals surface area contributed by atoms with E-state index in [1.54, 1.807) is 0 Å². The van der Waals surface area contributed by atoms with Crippen LogP contribution in [0.2, 0.25) is 5.02 Å². The topological polar surface area (TPSA) is 24.5 Å². The summed E-state index contributed by atoms with van der Waals surface area (Å²) in [5, 5.41) is 4.26. The van der Waals surface area contributed by atoms with Crippen LogP contribution in [0.4, 0.5) is 0 Å². The fraction of sp³-hybridized carbons (Fsp3) is 0.625. The van der Waals surface area contributed by atoms with Crippen molar-refractivity contribution < 1.29 is 4.74 Å². The van der Waals surface area contributed by atoms with Crippen molar-refractivity contribution in [2.75, 3.05) is 26.2 Å². The Bertz CT molecular complexity index is 509. The molecule has 0 bridgehead atoms. The second-order valence-corrected chi connectivity index (χ2v) is 6.91. The Kier molecular flexibility index (Phi) is 3.69. The van der Waals surface area contributed by atoms with E-state index < -0.39 is 0 Å². The smallest absolute Gasteiger partial charge is 0.125 e. The van der Waals surface area contributed by atoms with Crippen LogP contribution in [-0.2, 0) is 0 Å². The molecule has 3 nitrogen and oxygen atoms in total. The molecule has 1 fully saturated rings. The Morgan fingerprint density at radius 2 is 2.00 bits per heavy atom. The largest absolute Gasteiger partial charge is 0.487 e. The van der Waals surface area contributed by atoms with E-state index in [2.05, 4.69) is 36.2 Å². The quantitative estimate of drug-likeness (QED) is 0.861. The van der Waals surface area contributed by atoms with Crippen molar-refractivity contribution in [1.29, 1.82) is 0 Å². The average molecular weight is 295 g/mol. The summed E-state index contributed by atoms with van der Waals surface area (Å²) in [7, 11) is 0. The Labute approximate surface area is 126 Å². The van der Waals surface area contributed by atoms with Gasteiger partial charge in [-0.3, -0.25) is 4.90 Å². The molecule has 110 valence electrons. The zero-order chi connectivity index (χ0) is 14.3. The third-order valence-electron chi connectivity index (χ3n) is 4.31. The second kappa shape index (κ2) is 5.21. The first kappa shape index (κ1) is 14.2. The lowest BCUT2D eigenvalue weighted by molar-refractivity contribution is 0.0259. The van der Waals surface area contributed by atoms with Crippen molar-refractivity contribution in [2.24, 2.45) is 0 Å². The SMILES string of the molecule is Cc1cc2c(cc1Cl)C(N1CCNCC1)CC(C)(C)O2. The van der Waals surface area contributed by atoms with Gasteiger partial charge in [0, 0.05) is 49.2 Å². The Morgan fingerprint density at radius 1 is 1.30 bits per heavy atom. The molecule has 2 heterocycles. The van der Waals surface area contributed by atoms with E-state index in [0.717, 1.165) is 48.9 Å². The van der Waals surface area contributed by atoms with Gasteiger partial charge in [-0.1, -0.05) is 11.6 Å². The summed E-state index contributed by atoms with van der Waals surface area (Å²) in [6.07, 6.45) is 1.01. The number of nitrogens with zero attached hydrogens (tertiary/aromatic N) is 1. The molecule has 0 aliphatic carbocycles. The van der Waals surface area contributed by atoms with E-state index in [0.29, 0.717) is 6.04 Å². The van der Waals surface area contributed by atoms with Crippen LogP contribution in [0.15, 0.2) is 12.1 Å². The first-order valence-electron chi connectivity index (χ1n) is 7.40. The fourth-order valence-electron chi connectivity index (χ4n) is 3.25. The van der Waals surface area contributed by atoms with Crippen LogP contribution < -0.4 is 10.1 Å². The van der Waals surface area contributed by atoms with Crippen LogP contribution in [0.25, 0.3) is 0 Å². The zero-order valence-electron chi connectivity index (χ0n) is 12.5. The molecule has 0 aromatic heterocycles. The molecule has 3 rings (SSSR count). The molecule has 2 aliphatic rings. The number of benzene rings is 1. The van der Waals surface area contributed by atoms with E-state index >= 15 is 0 Å². The van der Waals surface area contributed by atoms with E-state index in [-0.39, 0.29) is 5.60 Å². The molecule has 1 N–H and O–H groups in total. The first-order valence-corrected chi connectivity index (χ1v) is 7.78. The standard InChI is InChI=1S/C16H23ClN2O/c1-11-8-15-12(9-13(11)17)14(10-16(2,3)20-15)19-6-4-18-5-7-19/h8-9,14,18H,4-7,10H2,1-3H3. The lowest BCUT2D eigenvalue weighted by atomic mass is 9.88. The summed E-state index contributed by atoms with van der Waals surface area (Å²) in [6.45, 7) is 10.7. The summed E-state index contributed by atoms with van der Waals surface area (Å²) < 4.78 is 6.18. The number of fused-ring (bicyclic) bond motifs is 1. The Balaban J connectivity index is 2.00. The normalized spacial score (nSPS) is 25.9. The average Bonchev–Trinajstić information content (AvgIpc) is 2.40. The minimum absolute atomic E-state index is 0.122. The van der Waals surface area contributed by atoms with Crippen LogP contribution in [-0.4, -0.2) is 36.7 Å². The van der Waals surface area contributed by atoms with Crippen molar-refractivity contribution in [3.05, 3.63) is 28.3 Å². The van der Waals surface area contributed by atoms with Gasteiger partial charge in [-0.15, -0.1) is 0 Å². The number of hydrogen-bond acceptors (Lipinski definition) is 3. The number of piperazine rings is 1. The predicted molar refractivity (Wildman–Crippen MR) is 82.7 cm³/mol. The van der Waals surface area contributed by atoms with Crippen molar-refractivity contribution in [3.8, 4) is 5.75 Å². The summed E-state index contributed by atoms with van der Waals surface area (Å²) in [5.41, 5.74) is 2.21. The van der Waals surface area contributed by atoms with Gasteiger partial charge in [0.1, 0.15) is 11.4 Å². The molecule has 4 heteroatoms. The highest BCUT2D eigenvalue weighted by Gasteiger charge is 2.37. The van der Waals surface area contributed by atoms with Gasteiger partial charge in [-0.25, -0.2) is 0 Å². The van der Waals surface area contributed by atoms with Crippen molar-refractivity contribution >= 4 is 11.6 Å². The maximum atomic E-state index is 6.33. The van der Waals surface area contributed by atoms with Crippen molar-refractivity contribution in [3.63, 3.8) is 0 Å². The van der Waals surface area contributed by atoms with Crippen LogP contribution in [0.3, 0.4) is 0 Å². The maximum Gasteiger partial charge on any atom is 0.125 e. The first-order chi connectivity index (χ1) is 9.46. The van der Waals surface area contributed by atoms with Gasteiger partial charge < -0.3 is 10.1 Å². The molecule has 1 unspecified atom stereocenters. The van der Waals surface area contributed by atoms with Crippen molar-refractivity contribution in [1.82, 2.24) is 10.2 Å². The highest BCUT2D eigenvalue weighted by Crippen LogP contribution is 2.44. The van der Waals surface area contributed by atoms with E-state index in [1.807, 2.05) is 6.92 Å². The summed E-state index contributed by atoms with van der Waals surface area (Å²) in [5.74, 6) is 1.01. The Hall–Kier alpha value is -0.770. The maximum absolute atomic E-state index is 6.33. The third-order valence-corrected chi connectivity index (χ3v) is 4.72. The van der Waals surface area contributed by atoms with E-state index in [4.69, 9.17) is 16.3 Å². The Morgan fingerprint density at radius 3 is 2.70 bits per heavy atom.